The normalized spacial score (nSPS) is 19.0. The van der Waals surface area contributed by atoms with Crippen molar-refractivity contribution in [3.05, 3.63) is 0 Å². The number of nitrogens with zero attached hydrogens (tertiary/aromatic N) is 2. The zero-order valence-corrected chi connectivity index (χ0v) is 14.0. The highest BCUT2D eigenvalue weighted by Gasteiger charge is 2.22. The van der Waals surface area contributed by atoms with Crippen LogP contribution < -0.4 is 10.6 Å². The van der Waals surface area contributed by atoms with Crippen molar-refractivity contribution in [3.63, 3.8) is 0 Å². The van der Waals surface area contributed by atoms with E-state index in [1.165, 1.54) is 12.8 Å². The van der Waals surface area contributed by atoms with Crippen molar-refractivity contribution in [1.29, 1.82) is 0 Å². The first kappa shape index (κ1) is 16.5. The molecule has 0 atom stereocenters. The van der Waals surface area contributed by atoms with Crippen LogP contribution in [0.1, 0.15) is 39.0 Å². The van der Waals surface area contributed by atoms with E-state index in [-0.39, 0.29) is 29.9 Å². The number of hydrogen-bond acceptors (Lipinski definition) is 2. The molecule has 0 aromatic heterocycles. The SMILES string of the molecule is CCNC(=NCCC(=O)N1CCCC1)NC1CC1.I. The maximum atomic E-state index is 11.8. The van der Waals surface area contributed by atoms with Crippen LogP contribution in [-0.2, 0) is 4.79 Å². The summed E-state index contributed by atoms with van der Waals surface area (Å²) in [7, 11) is 0. The average molecular weight is 380 g/mol. The predicted octanol–water partition coefficient (Wildman–Crippen LogP) is 1.33. The molecule has 2 aliphatic rings. The van der Waals surface area contributed by atoms with Crippen molar-refractivity contribution in [1.82, 2.24) is 15.5 Å². The van der Waals surface area contributed by atoms with Gasteiger partial charge in [-0.05, 0) is 32.6 Å². The fourth-order valence-electron chi connectivity index (χ4n) is 2.13. The molecule has 6 heteroatoms. The van der Waals surface area contributed by atoms with E-state index >= 15 is 0 Å². The second kappa shape index (κ2) is 8.60. The zero-order valence-electron chi connectivity index (χ0n) is 11.7. The van der Waals surface area contributed by atoms with Gasteiger partial charge in [-0.3, -0.25) is 9.79 Å². The van der Waals surface area contributed by atoms with E-state index < -0.39 is 0 Å². The minimum absolute atomic E-state index is 0. The lowest BCUT2D eigenvalue weighted by Gasteiger charge is -2.14. The Morgan fingerprint density at radius 1 is 1.32 bits per heavy atom. The smallest absolute Gasteiger partial charge is 0.224 e. The highest BCUT2D eigenvalue weighted by atomic mass is 127. The molecule has 2 rings (SSSR count). The van der Waals surface area contributed by atoms with Gasteiger partial charge in [-0.1, -0.05) is 0 Å². The van der Waals surface area contributed by atoms with Crippen molar-refractivity contribution >= 4 is 35.8 Å². The predicted molar refractivity (Wildman–Crippen MR) is 88.0 cm³/mol. The molecule has 0 bridgehead atoms. The van der Waals surface area contributed by atoms with E-state index in [0.29, 0.717) is 19.0 Å². The Balaban J connectivity index is 0.00000180. The number of aliphatic imine (C=N–C) groups is 1. The van der Waals surface area contributed by atoms with E-state index in [9.17, 15) is 4.79 Å². The lowest BCUT2D eigenvalue weighted by atomic mass is 10.4. The first-order chi connectivity index (χ1) is 8.79. The first-order valence-electron chi connectivity index (χ1n) is 7.12. The number of hydrogen-bond donors (Lipinski definition) is 2. The van der Waals surface area contributed by atoms with Crippen LogP contribution in [0.3, 0.4) is 0 Å². The number of carbonyl (C=O) groups is 1. The minimum Gasteiger partial charge on any atom is -0.357 e. The largest absolute Gasteiger partial charge is 0.357 e. The van der Waals surface area contributed by atoms with Gasteiger partial charge in [-0.2, -0.15) is 0 Å². The van der Waals surface area contributed by atoms with Crippen LogP contribution in [0.2, 0.25) is 0 Å². The number of rotatable bonds is 5. The van der Waals surface area contributed by atoms with Crippen molar-refractivity contribution < 1.29 is 4.79 Å². The first-order valence-corrected chi connectivity index (χ1v) is 7.12. The molecule has 0 unspecified atom stereocenters. The van der Waals surface area contributed by atoms with Crippen LogP contribution in [0.5, 0.6) is 0 Å². The summed E-state index contributed by atoms with van der Waals surface area (Å²) in [5.41, 5.74) is 0. The maximum absolute atomic E-state index is 11.8. The molecule has 1 heterocycles. The monoisotopic (exact) mass is 380 g/mol. The third-order valence-corrected chi connectivity index (χ3v) is 3.32. The minimum atomic E-state index is 0. The van der Waals surface area contributed by atoms with Gasteiger partial charge in [0, 0.05) is 32.1 Å². The molecule has 1 aliphatic carbocycles. The molecule has 5 nitrogen and oxygen atoms in total. The number of amides is 1. The van der Waals surface area contributed by atoms with Crippen molar-refractivity contribution in [2.45, 2.75) is 45.1 Å². The van der Waals surface area contributed by atoms with Crippen LogP contribution in [0.15, 0.2) is 4.99 Å². The van der Waals surface area contributed by atoms with E-state index in [0.717, 1.165) is 38.4 Å². The van der Waals surface area contributed by atoms with Gasteiger partial charge in [0.1, 0.15) is 0 Å². The number of nitrogens with one attached hydrogen (secondary N) is 2. The Kier molecular flexibility index (Phi) is 7.48. The van der Waals surface area contributed by atoms with Gasteiger partial charge in [-0.25, -0.2) is 0 Å². The number of guanidine groups is 1. The summed E-state index contributed by atoms with van der Waals surface area (Å²) in [4.78, 5) is 18.2. The Labute approximate surface area is 132 Å². The third-order valence-electron chi connectivity index (χ3n) is 3.32. The Morgan fingerprint density at radius 3 is 2.58 bits per heavy atom. The summed E-state index contributed by atoms with van der Waals surface area (Å²) in [5, 5.41) is 6.56. The van der Waals surface area contributed by atoms with Gasteiger partial charge in [0.05, 0.1) is 6.54 Å². The Morgan fingerprint density at radius 2 is 2.00 bits per heavy atom. The zero-order chi connectivity index (χ0) is 12.8. The molecule has 0 aromatic carbocycles. The van der Waals surface area contributed by atoms with Crippen LogP contribution in [-0.4, -0.2) is 49.0 Å². The van der Waals surface area contributed by atoms with Gasteiger partial charge >= 0.3 is 0 Å². The molecule has 0 spiro atoms. The van der Waals surface area contributed by atoms with E-state index in [1.807, 2.05) is 4.90 Å². The van der Waals surface area contributed by atoms with E-state index in [1.54, 1.807) is 0 Å². The van der Waals surface area contributed by atoms with Crippen LogP contribution >= 0.6 is 24.0 Å². The van der Waals surface area contributed by atoms with Gasteiger partial charge in [-0.15, -0.1) is 24.0 Å². The highest BCUT2D eigenvalue weighted by Crippen LogP contribution is 2.18. The van der Waals surface area contributed by atoms with E-state index in [2.05, 4.69) is 22.5 Å². The second-order valence-corrected chi connectivity index (χ2v) is 5.02. The molecular formula is C13H25IN4O. The average Bonchev–Trinajstić information content (AvgIpc) is 3.00. The fraction of sp³-hybridized carbons (Fsp3) is 0.846. The molecule has 1 amide bonds. The van der Waals surface area contributed by atoms with Gasteiger partial charge < -0.3 is 15.5 Å². The standard InChI is InChI=1S/C13H24N4O.HI/c1-2-14-13(16-11-5-6-11)15-8-7-12(18)17-9-3-4-10-17;/h11H,2-10H2,1H3,(H2,14,15,16);1H. The quantitative estimate of drug-likeness (QED) is 0.430. The highest BCUT2D eigenvalue weighted by molar-refractivity contribution is 14.0. The topological polar surface area (TPSA) is 56.7 Å². The molecule has 1 saturated carbocycles. The third kappa shape index (κ3) is 5.97. The number of likely N-dealkylation sites (tertiary alicyclic amines) is 1. The molecule has 19 heavy (non-hydrogen) atoms. The van der Waals surface area contributed by atoms with E-state index in [4.69, 9.17) is 0 Å². The lowest BCUT2D eigenvalue weighted by molar-refractivity contribution is -0.129. The molecule has 110 valence electrons. The Hall–Kier alpha value is -0.530. The summed E-state index contributed by atoms with van der Waals surface area (Å²) in [6, 6.07) is 0.595. The second-order valence-electron chi connectivity index (χ2n) is 5.02. The summed E-state index contributed by atoms with van der Waals surface area (Å²) in [6.07, 6.45) is 5.30. The van der Waals surface area contributed by atoms with Crippen LogP contribution in [0.25, 0.3) is 0 Å². The summed E-state index contributed by atoms with van der Waals surface area (Å²) >= 11 is 0. The molecule has 1 saturated heterocycles. The maximum Gasteiger partial charge on any atom is 0.224 e. The van der Waals surface area contributed by atoms with Crippen molar-refractivity contribution in [2.24, 2.45) is 4.99 Å². The van der Waals surface area contributed by atoms with Gasteiger partial charge in [0.15, 0.2) is 5.96 Å². The molecule has 0 aromatic rings. The number of carbonyl (C=O) groups excluding carboxylic acids is 1. The van der Waals surface area contributed by atoms with Crippen LogP contribution in [0.4, 0.5) is 0 Å². The Bertz CT molecular complexity index is 312. The van der Waals surface area contributed by atoms with Gasteiger partial charge in [0.25, 0.3) is 0 Å². The van der Waals surface area contributed by atoms with Crippen molar-refractivity contribution in [2.75, 3.05) is 26.2 Å². The molecule has 1 aliphatic heterocycles. The molecular weight excluding hydrogens is 355 g/mol. The summed E-state index contributed by atoms with van der Waals surface area (Å²) in [5.74, 6) is 1.10. The van der Waals surface area contributed by atoms with Gasteiger partial charge in [0.2, 0.25) is 5.91 Å². The van der Waals surface area contributed by atoms with Crippen LogP contribution in [0, 0.1) is 0 Å². The fourth-order valence-corrected chi connectivity index (χ4v) is 2.13. The lowest BCUT2D eigenvalue weighted by Crippen LogP contribution is -2.38. The number of halogens is 1. The molecule has 0 radical (unpaired) electrons. The van der Waals surface area contributed by atoms with Crippen molar-refractivity contribution in [3.8, 4) is 0 Å². The summed E-state index contributed by atoms with van der Waals surface area (Å²) in [6.45, 7) is 5.36. The molecule has 2 fully saturated rings. The molecule has 2 N–H and O–H groups in total. The summed E-state index contributed by atoms with van der Waals surface area (Å²) < 4.78 is 0.